The van der Waals surface area contributed by atoms with Crippen molar-refractivity contribution in [1.29, 1.82) is 0 Å². The van der Waals surface area contributed by atoms with E-state index >= 15 is 0 Å². The maximum atomic E-state index is 12.7. The molecule has 2 aromatic carbocycles. The summed E-state index contributed by atoms with van der Waals surface area (Å²) in [6, 6.07) is 13.6. The molecule has 1 aliphatic rings. The summed E-state index contributed by atoms with van der Waals surface area (Å²) < 4.78 is 26.9. The molecule has 8 heteroatoms. The minimum Gasteiger partial charge on any atom is -0.389 e. The summed E-state index contributed by atoms with van der Waals surface area (Å²) >= 11 is 4.91. The van der Waals surface area contributed by atoms with Gasteiger partial charge in [0.1, 0.15) is 4.99 Å². The van der Waals surface area contributed by atoms with E-state index in [4.69, 9.17) is 18.0 Å². The van der Waals surface area contributed by atoms with Crippen LogP contribution in [0.2, 0.25) is 0 Å². The van der Waals surface area contributed by atoms with Crippen LogP contribution in [0, 0.1) is 6.92 Å². The lowest BCUT2D eigenvalue weighted by Crippen LogP contribution is -2.50. The lowest BCUT2D eigenvalue weighted by atomic mass is 10.1. The number of carbonyl (C=O) groups excluding carboxylic acids is 1. The smallest absolute Gasteiger partial charge is 0.253 e. The molecule has 1 amide bonds. The van der Waals surface area contributed by atoms with Gasteiger partial charge >= 0.3 is 0 Å². The van der Waals surface area contributed by atoms with Gasteiger partial charge < -0.3 is 10.6 Å². The molecule has 1 fully saturated rings. The molecule has 0 spiro atoms. The lowest BCUT2D eigenvalue weighted by Gasteiger charge is -2.34. The third-order valence-electron chi connectivity index (χ3n) is 4.60. The predicted molar refractivity (Wildman–Crippen MR) is 108 cm³/mol. The molecule has 27 heavy (non-hydrogen) atoms. The van der Waals surface area contributed by atoms with Gasteiger partial charge in [-0.25, -0.2) is 8.42 Å². The van der Waals surface area contributed by atoms with E-state index < -0.39 is 10.0 Å². The fourth-order valence-corrected chi connectivity index (χ4v) is 4.51. The summed E-state index contributed by atoms with van der Waals surface area (Å²) in [7, 11) is -3.54. The molecule has 1 saturated heterocycles. The molecule has 0 bridgehead atoms. The largest absolute Gasteiger partial charge is 0.389 e. The normalized spacial score (nSPS) is 15.5. The Balaban J connectivity index is 1.66. The highest BCUT2D eigenvalue weighted by molar-refractivity contribution is 7.89. The molecule has 0 radical (unpaired) electrons. The number of nitrogens with two attached hydrogens (primary N) is 1. The van der Waals surface area contributed by atoms with Gasteiger partial charge in [-0.2, -0.15) is 4.31 Å². The van der Waals surface area contributed by atoms with Gasteiger partial charge in [-0.3, -0.25) is 4.79 Å². The van der Waals surface area contributed by atoms with Crippen molar-refractivity contribution in [2.24, 2.45) is 5.73 Å². The fraction of sp³-hybridized carbons (Fsp3) is 0.263. The molecule has 1 heterocycles. The number of benzene rings is 2. The van der Waals surface area contributed by atoms with Crippen LogP contribution >= 0.6 is 12.2 Å². The standard InChI is InChI=1S/C19H21N3O3S2/c1-14-2-8-17(9-3-14)27(24,25)22-12-10-21(11-13-22)19(23)16-6-4-15(5-7-16)18(20)26/h2-9H,10-13H2,1H3,(H2,20,26). The average molecular weight is 404 g/mol. The van der Waals surface area contributed by atoms with Gasteiger partial charge in [-0.15, -0.1) is 0 Å². The predicted octanol–water partition coefficient (Wildman–Crippen LogP) is 1.78. The van der Waals surface area contributed by atoms with E-state index in [9.17, 15) is 13.2 Å². The van der Waals surface area contributed by atoms with Gasteiger partial charge in [0.05, 0.1) is 4.90 Å². The molecule has 0 aromatic heterocycles. The second-order valence-electron chi connectivity index (χ2n) is 6.45. The highest BCUT2D eigenvalue weighted by Crippen LogP contribution is 2.19. The van der Waals surface area contributed by atoms with E-state index in [-0.39, 0.29) is 28.9 Å². The zero-order valence-electron chi connectivity index (χ0n) is 15.0. The average Bonchev–Trinajstić information content (AvgIpc) is 2.68. The van der Waals surface area contributed by atoms with Crippen LogP contribution in [0.15, 0.2) is 53.4 Å². The van der Waals surface area contributed by atoms with Gasteiger partial charge in [0, 0.05) is 37.3 Å². The summed E-state index contributed by atoms with van der Waals surface area (Å²) in [5, 5.41) is 0. The first-order chi connectivity index (χ1) is 12.8. The van der Waals surface area contributed by atoms with Crippen LogP contribution in [0.5, 0.6) is 0 Å². The van der Waals surface area contributed by atoms with Crippen molar-refractivity contribution in [3.63, 3.8) is 0 Å². The van der Waals surface area contributed by atoms with E-state index in [2.05, 4.69) is 0 Å². The molecule has 0 aliphatic carbocycles. The molecule has 0 atom stereocenters. The third-order valence-corrected chi connectivity index (χ3v) is 6.75. The van der Waals surface area contributed by atoms with Gasteiger partial charge in [-0.1, -0.05) is 42.0 Å². The molecular weight excluding hydrogens is 382 g/mol. The number of thiocarbonyl (C=S) groups is 1. The molecule has 1 aliphatic heterocycles. The summed E-state index contributed by atoms with van der Waals surface area (Å²) in [6.07, 6.45) is 0. The molecule has 2 aromatic rings. The quantitative estimate of drug-likeness (QED) is 0.787. The fourth-order valence-electron chi connectivity index (χ4n) is 2.95. The minimum atomic E-state index is -3.54. The Bertz CT molecular complexity index is 947. The number of hydrogen-bond acceptors (Lipinski definition) is 4. The second-order valence-corrected chi connectivity index (χ2v) is 8.83. The van der Waals surface area contributed by atoms with Gasteiger partial charge in [0.15, 0.2) is 0 Å². The third kappa shape index (κ3) is 4.18. The number of nitrogens with zero attached hydrogens (tertiary/aromatic N) is 2. The van der Waals surface area contributed by atoms with Crippen molar-refractivity contribution < 1.29 is 13.2 Å². The number of hydrogen-bond donors (Lipinski definition) is 1. The number of amides is 1. The SMILES string of the molecule is Cc1ccc(S(=O)(=O)N2CCN(C(=O)c3ccc(C(N)=S)cc3)CC2)cc1. The van der Waals surface area contributed by atoms with Crippen molar-refractivity contribution in [3.05, 3.63) is 65.2 Å². The molecule has 0 saturated carbocycles. The minimum absolute atomic E-state index is 0.128. The van der Waals surface area contributed by atoms with Crippen LogP contribution in [0.3, 0.4) is 0 Å². The molecule has 142 valence electrons. The Morgan fingerprint density at radius 1 is 0.926 bits per heavy atom. The summed E-state index contributed by atoms with van der Waals surface area (Å²) in [6.45, 7) is 3.15. The van der Waals surface area contributed by atoms with E-state index in [1.54, 1.807) is 53.4 Å². The topological polar surface area (TPSA) is 83.7 Å². The van der Waals surface area contributed by atoms with Crippen LogP contribution in [0.4, 0.5) is 0 Å². The van der Waals surface area contributed by atoms with Crippen LogP contribution < -0.4 is 5.73 Å². The van der Waals surface area contributed by atoms with Crippen LogP contribution in [0.25, 0.3) is 0 Å². The Morgan fingerprint density at radius 2 is 1.44 bits per heavy atom. The maximum absolute atomic E-state index is 12.7. The maximum Gasteiger partial charge on any atom is 0.253 e. The Kier molecular flexibility index (Phi) is 5.59. The zero-order chi connectivity index (χ0) is 19.6. The Hall–Kier alpha value is -2.29. The highest BCUT2D eigenvalue weighted by atomic mass is 32.2. The molecule has 6 nitrogen and oxygen atoms in total. The number of carbonyl (C=O) groups is 1. The van der Waals surface area contributed by atoms with Gasteiger partial charge in [0.2, 0.25) is 10.0 Å². The van der Waals surface area contributed by atoms with Crippen molar-refractivity contribution in [1.82, 2.24) is 9.21 Å². The van der Waals surface area contributed by atoms with Crippen molar-refractivity contribution in [2.75, 3.05) is 26.2 Å². The zero-order valence-corrected chi connectivity index (χ0v) is 16.6. The van der Waals surface area contributed by atoms with Crippen LogP contribution in [0.1, 0.15) is 21.5 Å². The molecule has 2 N–H and O–H groups in total. The summed E-state index contributed by atoms with van der Waals surface area (Å²) in [5.74, 6) is -0.128. The second kappa shape index (κ2) is 7.75. The Morgan fingerprint density at radius 3 is 1.96 bits per heavy atom. The summed E-state index contributed by atoms with van der Waals surface area (Å²) in [5.41, 5.74) is 7.81. The van der Waals surface area contributed by atoms with E-state index in [0.29, 0.717) is 24.2 Å². The number of rotatable bonds is 4. The Labute approximate surface area is 164 Å². The van der Waals surface area contributed by atoms with Crippen LogP contribution in [-0.4, -0.2) is 54.7 Å². The summed E-state index contributed by atoms with van der Waals surface area (Å²) in [4.78, 5) is 14.9. The van der Waals surface area contributed by atoms with Crippen LogP contribution in [-0.2, 0) is 10.0 Å². The first kappa shape index (κ1) is 19.5. The van der Waals surface area contributed by atoms with Crippen molar-refractivity contribution in [2.45, 2.75) is 11.8 Å². The number of aryl methyl sites for hydroxylation is 1. The van der Waals surface area contributed by atoms with Gasteiger partial charge in [-0.05, 0) is 31.2 Å². The molecule has 3 rings (SSSR count). The highest BCUT2D eigenvalue weighted by Gasteiger charge is 2.30. The first-order valence-corrected chi connectivity index (χ1v) is 10.4. The van der Waals surface area contributed by atoms with Gasteiger partial charge in [0.25, 0.3) is 5.91 Å². The van der Waals surface area contributed by atoms with E-state index in [0.717, 1.165) is 5.56 Å². The molecule has 0 unspecified atom stereocenters. The van der Waals surface area contributed by atoms with Crippen molar-refractivity contribution in [3.8, 4) is 0 Å². The first-order valence-electron chi connectivity index (χ1n) is 8.55. The van der Waals surface area contributed by atoms with E-state index in [1.165, 1.54) is 4.31 Å². The number of sulfonamides is 1. The van der Waals surface area contributed by atoms with E-state index in [1.807, 2.05) is 6.92 Å². The van der Waals surface area contributed by atoms with Crippen molar-refractivity contribution >= 4 is 33.1 Å². The monoisotopic (exact) mass is 403 g/mol. The molecular formula is C19H21N3O3S2. The lowest BCUT2D eigenvalue weighted by molar-refractivity contribution is 0.0698. The number of piperazine rings is 1.